The minimum absolute atomic E-state index is 0. The Labute approximate surface area is 42.4 Å². The van der Waals surface area contributed by atoms with Crippen LogP contribution < -0.4 is 5.73 Å². The van der Waals surface area contributed by atoms with Crippen molar-refractivity contribution < 1.29 is 4.74 Å². The van der Waals surface area contributed by atoms with E-state index in [1.807, 2.05) is 0 Å². The van der Waals surface area contributed by atoms with Crippen molar-refractivity contribution in [2.75, 3.05) is 7.11 Å². The summed E-state index contributed by atoms with van der Waals surface area (Å²) in [4.78, 5) is 0. The molecule has 4 heteroatoms. The van der Waals surface area contributed by atoms with Crippen molar-refractivity contribution in [2.24, 2.45) is 5.73 Å². The molecule has 0 aliphatic heterocycles. The van der Waals surface area contributed by atoms with Gasteiger partial charge in [-0.05, 0) is 0 Å². The standard InChI is InChI=1S/C2H6N2O.ClH/c1-5-2(3)4;/h1H3,(H3,3,4);1H/i2+1;. The summed E-state index contributed by atoms with van der Waals surface area (Å²) in [6.07, 6.45) is 0. The second-order valence-corrected chi connectivity index (χ2v) is 0.568. The summed E-state index contributed by atoms with van der Waals surface area (Å²) >= 11 is 0. The lowest BCUT2D eigenvalue weighted by Crippen LogP contribution is -2.10. The zero-order chi connectivity index (χ0) is 4.28. The van der Waals surface area contributed by atoms with Gasteiger partial charge in [0, 0.05) is 0 Å². The summed E-state index contributed by atoms with van der Waals surface area (Å²) in [6, 6.07) is -0.245. The summed E-state index contributed by atoms with van der Waals surface area (Å²) in [6.45, 7) is 0. The van der Waals surface area contributed by atoms with Crippen LogP contribution in [0.2, 0.25) is 0 Å². The van der Waals surface area contributed by atoms with Crippen molar-refractivity contribution in [1.29, 1.82) is 5.41 Å². The van der Waals surface area contributed by atoms with Crippen molar-refractivity contribution in [1.82, 2.24) is 0 Å². The van der Waals surface area contributed by atoms with E-state index < -0.39 is 0 Å². The molecule has 0 aromatic rings. The quantitative estimate of drug-likeness (QED) is 0.262. The minimum Gasteiger partial charge on any atom is -0.469 e. The van der Waals surface area contributed by atoms with Gasteiger partial charge in [-0.2, -0.15) is 0 Å². The van der Waals surface area contributed by atoms with Crippen LogP contribution in [0.4, 0.5) is 0 Å². The second kappa shape index (κ2) is 4.56. The maximum Gasteiger partial charge on any atom is 0.278 e. The fraction of sp³-hybridized carbons (Fsp3) is 0.500. The Hall–Kier alpha value is -0.440. The first-order valence-corrected chi connectivity index (χ1v) is 1.15. The van der Waals surface area contributed by atoms with Crippen molar-refractivity contribution in [2.45, 2.75) is 0 Å². The molecule has 38 valence electrons. The van der Waals surface area contributed by atoms with Crippen LogP contribution >= 0.6 is 12.4 Å². The summed E-state index contributed by atoms with van der Waals surface area (Å²) in [5, 5.41) is 6.30. The molecule has 0 fully saturated rings. The molecule has 0 amide bonds. The molecule has 0 aromatic heterocycles. The number of hydrogen-bond donors (Lipinski definition) is 2. The molecule has 6 heavy (non-hydrogen) atoms. The molecule has 0 aliphatic carbocycles. The van der Waals surface area contributed by atoms with Crippen LogP contribution in [0.5, 0.6) is 0 Å². The third-order valence-electron chi connectivity index (χ3n) is 0.220. The third-order valence-corrected chi connectivity index (χ3v) is 0.220. The summed E-state index contributed by atoms with van der Waals surface area (Å²) < 4.78 is 4.11. The van der Waals surface area contributed by atoms with Crippen LogP contribution in [-0.4, -0.2) is 13.1 Å². The second-order valence-electron chi connectivity index (χ2n) is 0.568. The van der Waals surface area contributed by atoms with E-state index in [1.54, 1.807) is 0 Å². The number of halogens is 1. The van der Waals surface area contributed by atoms with Gasteiger partial charge in [-0.3, -0.25) is 5.41 Å². The molecule has 0 saturated heterocycles. The van der Waals surface area contributed by atoms with E-state index in [2.05, 4.69) is 10.5 Å². The Morgan fingerprint density at radius 1 is 1.83 bits per heavy atom. The number of methoxy groups -OCH3 is 1. The normalized spacial score (nSPS) is 5.50. The monoisotopic (exact) mass is 111 g/mol. The van der Waals surface area contributed by atoms with Gasteiger partial charge in [0.05, 0.1) is 7.11 Å². The van der Waals surface area contributed by atoms with Crippen molar-refractivity contribution in [3.63, 3.8) is 0 Å². The Balaban J connectivity index is 0. The van der Waals surface area contributed by atoms with Gasteiger partial charge < -0.3 is 10.5 Å². The van der Waals surface area contributed by atoms with Crippen LogP contribution in [0.25, 0.3) is 0 Å². The maximum absolute atomic E-state index is 6.30. The SMILES string of the molecule is CO[13C](=N)N.Cl. The van der Waals surface area contributed by atoms with Crippen molar-refractivity contribution in [3.05, 3.63) is 0 Å². The van der Waals surface area contributed by atoms with E-state index in [0.29, 0.717) is 0 Å². The number of nitrogens with one attached hydrogen (secondary N) is 1. The highest BCUT2D eigenvalue weighted by Gasteiger charge is 1.68. The molecule has 0 bridgehead atoms. The van der Waals surface area contributed by atoms with Gasteiger partial charge in [-0.1, -0.05) is 0 Å². The molecule has 0 aromatic carbocycles. The maximum atomic E-state index is 6.30. The van der Waals surface area contributed by atoms with Gasteiger partial charge in [0.15, 0.2) is 0 Å². The molecule has 0 aliphatic rings. The Kier molecular flexibility index (Phi) is 6.93. The van der Waals surface area contributed by atoms with Crippen LogP contribution in [0.3, 0.4) is 0 Å². The highest BCUT2D eigenvalue weighted by atomic mass is 35.5. The highest BCUT2D eigenvalue weighted by molar-refractivity contribution is 5.85. The van der Waals surface area contributed by atoms with Gasteiger partial charge >= 0.3 is 0 Å². The lowest BCUT2D eigenvalue weighted by Gasteiger charge is -1.85. The lowest BCUT2D eigenvalue weighted by molar-refractivity contribution is 0.393. The number of ether oxygens (including phenoxy) is 1. The van der Waals surface area contributed by atoms with Gasteiger partial charge in [0.1, 0.15) is 0 Å². The van der Waals surface area contributed by atoms with Gasteiger partial charge in [-0.25, -0.2) is 0 Å². The summed E-state index contributed by atoms with van der Waals surface area (Å²) in [7, 11) is 1.35. The van der Waals surface area contributed by atoms with Crippen molar-refractivity contribution >= 4 is 18.4 Å². The number of hydrogen-bond acceptors (Lipinski definition) is 2. The first-order valence-electron chi connectivity index (χ1n) is 1.15. The molecule has 0 atom stereocenters. The van der Waals surface area contributed by atoms with E-state index in [9.17, 15) is 0 Å². The molecule has 0 rings (SSSR count). The molecule has 0 heterocycles. The highest BCUT2D eigenvalue weighted by Crippen LogP contribution is 1.50. The topological polar surface area (TPSA) is 59.1 Å². The third kappa shape index (κ3) is 9.59. The number of amidine groups is 1. The van der Waals surface area contributed by atoms with Crippen LogP contribution in [-0.2, 0) is 4.74 Å². The van der Waals surface area contributed by atoms with E-state index in [4.69, 9.17) is 5.41 Å². The van der Waals surface area contributed by atoms with Gasteiger partial charge in [0.2, 0.25) is 0 Å². The zero-order valence-corrected chi connectivity index (χ0v) is 4.21. The van der Waals surface area contributed by atoms with Crippen LogP contribution in [0.15, 0.2) is 0 Å². The first kappa shape index (κ1) is 9.12. The first-order chi connectivity index (χ1) is 2.27. The predicted octanol–water partition coefficient (Wildman–Crippen LogP) is -0.0519. The predicted molar refractivity (Wildman–Crippen MR) is 26.2 cm³/mol. The van der Waals surface area contributed by atoms with E-state index in [1.165, 1.54) is 7.11 Å². The molecule has 0 spiro atoms. The average Bonchev–Trinajstić information content (AvgIpc) is 1.38. The van der Waals surface area contributed by atoms with E-state index >= 15 is 0 Å². The van der Waals surface area contributed by atoms with Crippen LogP contribution in [0, 0.1) is 5.41 Å². The fourth-order valence-corrected chi connectivity index (χ4v) is 0. The molecular formula is C2H7ClN2O. The molecular weight excluding hydrogens is 104 g/mol. The molecule has 0 unspecified atom stereocenters. The fourth-order valence-electron chi connectivity index (χ4n) is 0. The Bertz CT molecular complexity index is 46.8. The number of rotatable bonds is 0. The molecule has 3 N–H and O–H groups in total. The Morgan fingerprint density at radius 3 is 2.00 bits per heavy atom. The minimum atomic E-state index is -0.245. The molecule has 0 saturated carbocycles. The molecule has 0 radical (unpaired) electrons. The average molecular weight is 112 g/mol. The largest absolute Gasteiger partial charge is 0.469 e. The summed E-state index contributed by atoms with van der Waals surface area (Å²) in [5.41, 5.74) is 4.65. The van der Waals surface area contributed by atoms with Gasteiger partial charge in [0.25, 0.3) is 6.02 Å². The summed E-state index contributed by atoms with van der Waals surface area (Å²) in [5.74, 6) is 0. The smallest absolute Gasteiger partial charge is 0.278 e. The zero-order valence-electron chi connectivity index (χ0n) is 3.39. The van der Waals surface area contributed by atoms with Crippen molar-refractivity contribution in [3.8, 4) is 0 Å². The number of nitrogens with two attached hydrogens (primary N) is 1. The van der Waals surface area contributed by atoms with Crippen LogP contribution in [0.1, 0.15) is 0 Å². The van der Waals surface area contributed by atoms with E-state index in [0.717, 1.165) is 0 Å². The molecule has 3 nitrogen and oxygen atoms in total. The van der Waals surface area contributed by atoms with E-state index in [-0.39, 0.29) is 18.4 Å². The Morgan fingerprint density at radius 2 is 2.00 bits per heavy atom. The van der Waals surface area contributed by atoms with Gasteiger partial charge in [-0.15, -0.1) is 12.4 Å². The lowest BCUT2D eigenvalue weighted by atomic mass is 11.7.